The Morgan fingerprint density at radius 1 is 1.53 bits per heavy atom. The van der Waals surface area contributed by atoms with Crippen LogP contribution >= 0.6 is 11.8 Å². The van der Waals surface area contributed by atoms with Crippen molar-refractivity contribution in [2.24, 2.45) is 5.73 Å². The highest BCUT2D eigenvalue weighted by Gasteiger charge is 2.13. The molecule has 0 aliphatic heterocycles. The molecule has 0 spiro atoms. The van der Waals surface area contributed by atoms with Gasteiger partial charge in [-0.1, -0.05) is 0 Å². The highest BCUT2D eigenvalue weighted by atomic mass is 32.2. The topological polar surface area (TPSA) is 52.3 Å². The molecule has 0 saturated carbocycles. The van der Waals surface area contributed by atoms with Crippen LogP contribution in [0.5, 0.6) is 0 Å². The van der Waals surface area contributed by atoms with Gasteiger partial charge in [-0.25, -0.2) is 4.39 Å². The maximum absolute atomic E-state index is 12.6. The molecule has 5 heteroatoms. The van der Waals surface area contributed by atoms with Crippen LogP contribution in [0.2, 0.25) is 0 Å². The van der Waals surface area contributed by atoms with Gasteiger partial charge in [0.25, 0.3) is 0 Å². The Labute approximate surface area is 91.8 Å². The SMILES string of the molecule is COC(=O)[C@H](N)CSc1ccc(F)cc1. The lowest BCUT2D eigenvalue weighted by molar-refractivity contribution is -0.141. The normalized spacial score (nSPS) is 12.2. The average molecular weight is 229 g/mol. The van der Waals surface area contributed by atoms with E-state index in [4.69, 9.17) is 5.73 Å². The third-order valence-electron chi connectivity index (χ3n) is 1.75. The molecule has 1 aromatic carbocycles. The summed E-state index contributed by atoms with van der Waals surface area (Å²) in [5.41, 5.74) is 5.54. The predicted octanol–water partition coefficient (Wildman–Crippen LogP) is 1.42. The summed E-state index contributed by atoms with van der Waals surface area (Å²) in [6.45, 7) is 0. The minimum Gasteiger partial charge on any atom is -0.468 e. The number of halogens is 1. The zero-order chi connectivity index (χ0) is 11.3. The third-order valence-corrected chi connectivity index (χ3v) is 2.88. The van der Waals surface area contributed by atoms with Crippen LogP contribution < -0.4 is 5.73 Å². The Morgan fingerprint density at radius 3 is 2.67 bits per heavy atom. The molecule has 0 bridgehead atoms. The first-order chi connectivity index (χ1) is 7.13. The van der Waals surface area contributed by atoms with Crippen molar-refractivity contribution in [1.29, 1.82) is 0 Å². The lowest BCUT2D eigenvalue weighted by Crippen LogP contribution is -2.33. The largest absolute Gasteiger partial charge is 0.468 e. The number of benzene rings is 1. The monoisotopic (exact) mass is 229 g/mol. The quantitative estimate of drug-likeness (QED) is 0.626. The second-order valence-electron chi connectivity index (χ2n) is 2.89. The van der Waals surface area contributed by atoms with E-state index in [0.717, 1.165) is 4.90 Å². The van der Waals surface area contributed by atoms with Crippen LogP contribution in [0.15, 0.2) is 29.2 Å². The number of carbonyl (C=O) groups is 1. The van der Waals surface area contributed by atoms with Gasteiger partial charge >= 0.3 is 5.97 Å². The van der Waals surface area contributed by atoms with Gasteiger partial charge in [-0.15, -0.1) is 11.8 Å². The van der Waals surface area contributed by atoms with Crippen molar-refractivity contribution in [2.45, 2.75) is 10.9 Å². The van der Waals surface area contributed by atoms with Crippen LogP contribution in [-0.2, 0) is 9.53 Å². The van der Waals surface area contributed by atoms with E-state index in [1.54, 1.807) is 12.1 Å². The van der Waals surface area contributed by atoms with Crippen LogP contribution in [0.4, 0.5) is 4.39 Å². The average Bonchev–Trinajstić information content (AvgIpc) is 2.26. The molecule has 0 saturated heterocycles. The van der Waals surface area contributed by atoms with Crippen LogP contribution in [0, 0.1) is 5.82 Å². The van der Waals surface area contributed by atoms with E-state index in [9.17, 15) is 9.18 Å². The van der Waals surface area contributed by atoms with Crippen LogP contribution in [-0.4, -0.2) is 24.9 Å². The minimum absolute atomic E-state index is 0.281. The fourth-order valence-electron chi connectivity index (χ4n) is 0.936. The van der Waals surface area contributed by atoms with Gasteiger partial charge in [-0.3, -0.25) is 4.79 Å². The summed E-state index contributed by atoms with van der Waals surface area (Å²) in [6.07, 6.45) is 0. The molecule has 0 aliphatic carbocycles. The molecule has 0 heterocycles. The van der Waals surface area contributed by atoms with Gasteiger partial charge in [0.1, 0.15) is 11.9 Å². The molecule has 1 atom stereocenters. The molecule has 0 unspecified atom stereocenters. The molecule has 0 fully saturated rings. The smallest absolute Gasteiger partial charge is 0.323 e. The highest BCUT2D eigenvalue weighted by molar-refractivity contribution is 7.99. The van der Waals surface area contributed by atoms with Gasteiger partial charge in [0.15, 0.2) is 0 Å². The van der Waals surface area contributed by atoms with Crippen molar-refractivity contribution in [3.63, 3.8) is 0 Å². The lowest BCUT2D eigenvalue weighted by atomic mass is 10.3. The maximum atomic E-state index is 12.6. The Balaban J connectivity index is 2.43. The summed E-state index contributed by atoms with van der Waals surface area (Å²) < 4.78 is 17.0. The van der Waals surface area contributed by atoms with Gasteiger partial charge in [-0.05, 0) is 24.3 Å². The van der Waals surface area contributed by atoms with Crippen molar-refractivity contribution in [2.75, 3.05) is 12.9 Å². The molecule has 15 heavy (non-hydrogen) atoms. The number of carbonyl (C=O) groups excluding carboxylic acids is 1. The van der Waals surface area contributed by atoms with E-state index in [2.05, 4.69) is 4.74 Å². The first-order valence-electron chi connectivity index (χ1n) is 4.35. The Morgan fingerprint density at radius 2 is 2.13 bits per heavy atom. The number of hydrogen-bond donors (Lipinski definition) is 1. The molecular weight excluding hydrogens is 217 g/mol. The molecule has 3 nitrogen and oxygen atoms in total. The summed E-state index contributed by atoms with van der Waals surface area (Å²) in [7, 11) is 1.30. The van der Waals surface area contributed by atoms with Gasteiger partial charge in [0.2, 0.25) is 0 Å². The third kappa shape index (κ3) is 3.89. The molecule has 82 valence electrons. The van der Waals surface area contributed by atoms with E-state index in [0.29, 0.717) is 5.75 Å². The Bertz CT molecular complexity index is 329. The summed E-state index contributed by atoms with van der Waals surface area (Å²) in [4.78, 5) is 11.8. The van der Waals surface area contributed by atoms with Crippen molar-refractivity contribution in [1.82, 2.24) is 0 Å². The molecule has 0 radical (unpaired) electrons. The van der Waals surface area contributed by atoms with E-state index in [1.165, 1.54) is 31.0 Å². The Hall–Kier alpha value is -1.07. The van der Waals surface area contributed by atoms with Gasteiger partial charge < -0.3 is 10.5 Å². The van der Waals surface area contributed by atoms with Crippen LogP contribution in [0.1, 0.15) is 0 Å². The number of thioether (sulfide) groups is 1. The second-order valence-corrected chi connectivity index (χ2v) is 3.99. The van der Waals surface area contributed by atoms with Crippen LogP contribution in [0.3, 0.4) is 0 Å². The lowest BCUT2D eigenvalue weighted by Gasteiger charge is -2.08. The van der Waals surface area contributed by atoms with E-state index in [-0.39, 0.29) is 5.82 Å². The number of methoxy groups -OCH3 is 1. The fraction of sp³-hybridized carbons (Fsp3) is 0.300. The number of hydrogen-bond acceptors (Lipinski definition) is 4. The number of esters is 1. The predicted molar refractivity (Wildman–Crippen MR) is 57.1 cm³/mol. The molecular formula is C10H12FNO2S. The fourth-order valence-corrected chi connectivity index (χ4v) is 1.77. The summed E-state index contributed by atoms with van der Waals surface area (Å²) in [5.74, 6) is -0.306. The first kappa shape index (κ1) is 12.0. The minimum atomic E-state index is -0.648. The van der Waals surface area contributed by atoms with E-state index >= 15 is 0 Å². The summed E-state index contributed by atoms with van der Waals surface area (Å²) >= 11 is 1.39. The van der Waals surface area contributed by atoms with Gasteiger partial charge in [0.05, 0.1) is 7.11 Å². The van der Waals surface area contributed by atoms with Crippen molar-refractivity contribution in [3.8, 4) is 0 Å². The van der Waals surface area contributed by atoms with Gasteiger partial charge in [0, 0.05) is 10.6 Å². The van der Waals surface area contributed by atoms with E-state index < -0.39 is 12.0 Å². The molecule has 1 rings (SSSR count). The first-order valence-corrected chi connectivity index (χ1v) is 5.34. The zero-order valence-electron chi connectivity index (χ0n) is 8.27. The molecule has 2 N–H and O–H groups in total. The van der Waals surface area contributed by atoms with Gasteiger partial charge in [-0.2, -0.15) is 0 Å². The van der Waals surface area contributed by atoms with Crippen LogP contribution in [0.25, 0.3) is 0 Å². The summed E-state index contributed by atoms with van der Waals surface area (Å²) in [6, 6.07) is 5.37. The molecule has 1 aromatic rings. The Kier molecular flexibility index (Phi) is 4.58. The number of rotatable bonds is 4. The van der Waals surface area contributed by atoms with Crippen molar-refractivity contribution >= 4 is 17.7 Å². The second kappa shape index (κ2) is 5.72. The summed E-state index contributed by atoms with van der Waals surface area (Å²) in [5, 5.41) is 0. The molecule has 0 aliphatic rings. The number of nitrogens with two attached hydrogens (primary N) is 1. The van der Waals surface area contributed by atoms with E-state index in [1.807, 2.05) is 0 Å². The van der Waals surface area contributed by atoms with Crippen molar-refractivity contribution in [3.05, 3.63) is 30.1 Å². The zero-order valence-corrected chi connectivity index (χ0v) is 9.09. The highest BCUT2D eigenvalue weighted by Crippen LogP contribution is 2.18. The molecule has 0 aromatic heterocycles. The molecule has 0 amide bonds. The standard InChI is InChI=1S/C10H12FNO2S/c1-14-10(13)9(12)6-15-8-4-2-7(11)3-5-8/h2-5,9H,6,12H2,1H3/t9-/m1/s1. The maximum Gasteiger partial charge on any atom is 0.323 e. The number of ether oxygens (including phenoxy) is 1. The van der Waals surface area contributed by atoms with Crippen molar-refractivity contribution < 1.29 is 13.9 Å².